The van der Waals surface area contributed by atoms with Gasteiger partial charge in [0.1, 0.15) is 5.75 Å². The highest BCUT2D eigenvalue weighted by atomic mass is 16.5. The summed E-state index contributed by atoms with van der Waals surface area (Å²) < 4.78 is 5.48. The van der Waals surface area contributed by atoms with E-state index in [1.165, 1.54) is 5.56 Å². The van der Waals surface area contributed by atoms with Crippen LogP contribution in [0, 0.1) is 0 Å². The van der Waals surface area contributed by atoms with Gasteiger partial charge in [-0.15, -0.1) is 0 Å². The molecule has 0 N–H and O–H groups in total. The predicted octanol–water partition coefficient (Wildman–Crippen LogP) is 3.70. The van der Waals surface area contributed by atoms with Crippen molar-refractivity contribution in [1.82, 2.24) is 9.88 Å². The molecule has 2 aliphatic rings. The maximum Gasteiger partial charge on any atom is 0.232 e. The van der Waals surface area contributed by atoms with Crippen LogP contribution < -0.4 is 4.74 Å². The maximum atomic E-state index is 13.4. The van der Waals surface area contributed by atoms with Crippen LogP contribution in [0.5, 0.6) is 5.75 Å². The summed E-state index contributed by atoms with van der Waals surface area (Å²) in [4.78, 5) is 20.0. The Bertz CT molecular complexity index is 770. The summed E-state index contributed by atoms with van der Waals surface area (Å²) in [6.07, 6.45) is 7.00. The first-order chi connectivity index (χ1) is 12.3. The molecule has 0 radical (unpaired) electrons. The quantitative estimate of drug-likeness (QED) is 0.836. The fourth-order valence-electron chi connectivity index (χ4n) is 3.84. The zero-order chi connectivity index (χ0) is 17.2. The van der Waals surface area contributed by atoms with Crippen molar-refractivity contribution in [2.24, 2.45) is 0 Å². The second kappa shape index (κ2) is 6.87. The molecule has 0 bridgehead atoms. The van der Waals surface area contributed by atoms with Crippen LogP contribution in [0.3, 0.4) is 0 Å². The molecule has 1 aromatic carbocycles. The molecular formula is C21H24N2O2. The molecule has 0 saturated heterocycles. The lowest BCUT2D eigenvalue weighted by Crippen LogP contribution is -2.38. The second-order valence-corrected chi connectivity index (χ2v) is 7.00. The van der Waals surface area contributed by atoms with Crippen LogP contribution in [-0.2, 0) is 17.8 Å². The predicted molar refractivity (Wildman–Crippen MR) is 96.5 cm³/mol. The van der Waals surface area contributed by atoms with Gasteiger partial charge in [0.15, 0.2) is 0 Å². The summed E-state index contributed by atoms with van der Waals surface area (Å²) in [7, 11) is 1.68. The first kappa shape index (κ1) is 16.1. The fourth-order valence-corrected chi connectivity index (χ4v) is 3.84. The van der Waals surface area contributed by atoms with Crippen molar-refractivity contribution >= 4 is 5.91 Å². The normalized spacial score (nSPS) is 19.2. The number of aromatic nitrogens is 1. The Kier molecular flexibility index (Phi) is 4.43. The van der Waals surface area contributed by atoms with Gasteiger partial charge in [0.05, 0.1) is 18.7 Å². The van der Waals surface area contributed by atoms with Crippen LogP contribution >= 0.6 is 0 Å². The highest BCUT2D eigenvalue weighted by molar-refractivity contribution is 5.84. The second-order valence-electron chi connectivity index (χ2n) is 7.00. The Labute approximate surface area is 148 Å². The summed E-state index contributed by atoms with van der Waals surface area (Å²) in [5.41, 5.74) is 3.30. The average molecular weight is 336 g/mol. The minimum Gasteiger partial charge on any atom is -0.496 e. The third kappa shape index (κ3) is 3.26. The number of methoxy groups -OCH3 is 1. The van der Waals surface area contributed by atoms with E-state index in [0.717, 1.165) is 49.1 Å². The molecule has 2 aromatic rings. The molecule has 1 saturated carbocycles. The first-order valence-corrected chi connectivity index (χ1v) is 9.14. The number of nitrogens with zero attached hydrogens (tertiary/aromatic N) is 2. The lowest BCUT2D eigenvalue weighted by Gasteiger charge is -2.30. The van der Waals surface area contributed by atoms with Crippen molar-refractivity contribution in [2.45, 2.75) is 50.6 Å². The van der Waals surface area contributed by atoms with Gasteiger partial charge in [-0.25, -0.2) is 0 Å². The van der Waals surface area contributed by atoms with Crippen LogP contribution in [0.4, 0.5) is 0 Å². The Morgan fingerprint density at radius 2 is 2.04 bits per heavy atom. The number of benzene rings is 1. The number of aryl methyl sites for hydroxylation is 1. The van der Waals surface area contributed by atoms with Crippen molar-refractivity contribution in [1.29, 1.82) is 0 Å². The smallest absolute Gasteiger partial charge is 0.232 e. The summed E-state index contributed by atoms with van der Waals surface area (Å²) in [6, 6.07) is 12.4. The van der Waals surface area contributed by atoms with Crippen molar-refractivity contribution in [2.75, 3.05) is 7.11 Å². The van der Waals surface area contributed by atoms with E-state index >= 15 is 0 Å². The number of amides is 1. The van der Waals surface area contributed by atoms with Crippen molar-refractivity contribution in [3.05, 3.63) is 59.4 Å². The molecule has 1 fully saturated rings. The third-order valence-corrected chi connectivity index (χ3v) is 5.30. The van der Waals surface area contributed by atoms with Gasteiger partial charge >= 0.3 is 0 Å². The number of hydrogen-bond acceptors (Lipinski definition) is 3. The largest absolute Gasteiger partial charge is 0.496 e. The lowest BCUT2D eigenvalue weighted by molar-refractivity contribution is -0.134. The van der Waals surface area contributed by atoms with E-state index in [4.69, 9.17) is 4.74 Å². The van der Waals surface area contributed by atoms with Gasteiger partial charge in [-0.1, -0.05) is 24.3 Å². The molecule has 1 amide bonds. The van der Waals surface area contributed by atoms with E-state index in [1.54, 1.807) is 7.11 Å². The number of fused-ring (bicyclic) bond motifs is 1. The van der Waals surface area contributed by atoms with E-state index < -0.39 is 0 Å². The molecule has 4 nitrogen and oxygen atoms in total. The number of ether oxygens (including phenoxy) is 1. The Hall–Kier alpha value is -2.36. The van der Waals surface area contributed by atoms with Gasteiger partial charge in [-0.2, -0.15) is 0 Å². The minimum absolute atomic E-state index is 0.0970. The highest BCUT2D eigenvalue weighted by Crippen LogP contribution is 2.37. The monoisotopic (exact) mass is 336 g/mol. The standard InChI is InChI=1S/C21H24N2O2/c1-25-19-10-3-2-6-16(19)14-23(17-11-12-17)21(24)18-9-4-7-15-8-5-13-22-20(15)18/h2-3,5-6,8,10,13,17-18H,4,7,9,11-12,14H2,1H3/t18-/m0/s1. The number of carbonyl (C=O) groups excluding carboxylic acids is 1. The molecule has 25 heavy (non-hydrogen) atoms. The average Bonchev–Trinajstić information content (AvgIpc) is 3.50. The molecule has 2 aliphatic carbocycles. The fraction of sp³-hybridized carbons (Fsp3) is 0.429. The zero-order valence-corrected chi connectivity index (χ0v) is 14.6. The number of hydrogen-bond donors (Lipinski definition) is 0. The molecule has 130 valence electrons. The number of rotatable bonds is 5. The Morgan fingerprint density at radius 1 is 1.20 bits per heavy atom. The van der Waals surface area contributed by atoms with Crippen LogP contribution in [-0.4, -0.2) is 28.9 Å². The summed E-state index contributed by atoms with van der Waals surface area (Å²) in [6.45, 7) is 0.617. The van der Waals surface area contributed by atoms with E-state index in [0.29, 0.717) is 12.6 Å². The van der Waals surface area contributed by atoms with Crippen molar-refractivity contribution in [3.8, 4) is 5.75 Å². The molecule has 1 atom stereocenters. The minimum atomic E-state index is -0.0970. The van der Waals surface area contributed by atoms with Gasteiger partial charge in [0, 0.05) is 24.3 Å². The van der Waals surface area contributed by atoms with Gasteiger partial charge < -0.3 is 9.64 Å². The lowest BCUT2D eigenvalue weighted by atomic mass is 9.85. The molecule has 4 rings (SSSR count). The molecule has 0 spiro atoms. The van der Waals surface area contributed by atoms with Gasteiger partial charge in [-0.3, -0.25) is 9.78 Å². The van der Waals surface area contributed by atoms with E-state index in [9.17, 15) is 4.79 Å². The molecule has 1 heterocycles. The first-order valence-electron chi connectivity index (χ1n) is 9.14. The van der Waals surface area contributed by atoms with Gasteiger partial charge in [0.25, 0.3) is 0 Å². The zero-order valence-electron chi connectivity index (χ0n) is 14.6. The topological polar surface area (TPSA) is 42.4 Å². The van der Waals surface area contributed by atoms with Crippen LogP contribution in [0.2, 0.25) is 0 Å². The third-order valence-electron chi connectivity index (χ3n) is 5.30. The molecular weight excluding hydrogens is 312 g/mol. The van der Waals surface area contributed by atoms with E-state index in [2.05, 4.69) is 22.0 Å². The number of carbonyl (C=O) groups is 1. The summed E-state index contributed by atoms with van der Waals surface area (Å²) in [5, 5.41) is 0. The molecule has 4 heteroatoms. The number of para-hydroxylation sites is 1. The van der Waals surface area contributed by atoms with E-state index in [1.807, 2.05) is 30.5 Å². The maximum absolute atomic E-state index is 13.4. The van der Waals surface area contributed by atoms with E-state index in [-0.39, 0.29) is 11.8 Å². The van der Waals surface area contributed by atoms with Crippen LogP contribution in [0.1, 0.15) is 48.4 Å². The van der Waals surface area contributed by atoms with Gasteiger partial charge in [-0.05, 0) is 49.8 Å². The Morgan fingerprint density at radius 3 is 2.84 bits per heavy atom. The van der Waals surface area contributed by atoms with Crippen LogP contribution in [0.25, 0.3) is 0 Å². The molecule has 0 aliphatic heterocycles. The Balaban J connectivity index is 1.61. The molecule has 0 unspecified atom stereocenters. The SMILES string of the molecule is COc1ccccc1CN(C(=O)[C@H]1CCCc2cccnc21)C1CC1. The van der Waals surface area contributed by atoms with Crippen molar-refractivity contribution < 1.29 is 9.53 Å². The van der Waals surface area contributed by atoms with Crippen LogP contribution in [0.15, 0.2) is 42.6 Å². The number of pyridine rings is 1. The summed E-state index contributed by atoms with van der Waals surface area (Å²) in [5.74, 6) is 0.983. The molecule has 1 aromatic heterocycles. The van der Waals surface area contributed by atoms with Gasteiger partial charge in [0.2, 0.25) is 5.91 Å². The van der Waals surface area contributed by atoms with Crippen molar-refractivity contribution in [3.63, 3.8) is 0 Å². The summed E-state index contributed by atoms with van der Waals surface area (Å²) >= 11 is 0. The highest BCUT2D eigenvalue weighted by Gasteiger charge is 2.38.